The highest BCUT2D eigenvalue weighted by atomic mass is 79.9. The molecule has 0 fully saturated rings. The van der Waals surface area contributed by atoms with Crippen LogP contribution < -0.4 is 4.90 Å². The molecule has 0 radical (unpaired) electrons. The van der Waals surface area contributed by atoms with Gasteiger partial charge >= 0.3 is 0 Å². The van der Waals surface area contributed by atoms with E-state index in [9.17, 15) is 0 Å². The van der Waals surface area contributed by atoms with Crippen molar-refractivity contribution in [2.75, 3.05) is 11.9 Å². The Morgan fingerprint density at radius 1 is 1.44 bits per heavy atom. The van der Waals surface area contributed by atoms with Crippen LogP contribution >= 0.6 is 27.5 Å². The third-order valence-corrected chi connectivity index (χ3v) is 3.83. The normalized spacial score (nSPS) is 10.7. The molecule has 0 atom stereocenters. The maximum Gasteiger partial charge on any atom is 0.0539 e. The highest BCUT2D eigenvalue weighted by Gasteiger charge is 2.06. The predicted molar refractivity (Wildman–Crippen MR) is 79.0 cm³/mol. The number of hydrogen-bond acceptors (Lipinski definition) is 2. The highest BCUT2D eigenvalue weighted by molar-refractivity contribution is 9.10. The van der Waals surface area contributed by atoms with Gasteiger partial charge < -0.3 is 4.90 Å². The van der Waals surface area contributed by atoms with Crippen molar-refractivity contribution >= 4 is 33.2 Å². The van der Waals surface area contributed by atoms with Crippen LogP contribution in [0.5, 0.6) is 0 Å². The molecule has 0 bridgehead atoms. The summed E-state index contributed by atoms with van der Waals surface area (Å²) < 4.78 is 2.86. The summed E-state index contributed by atoms with van der Waals surface area (Å²) in [6.45, 7) is 0.834. The van der Waals surface area contributed by atoms with Gasteiger partial charge in [-0.1, -0.05) is 22.0 Å². The summed E-state index contributed by atoms with van der Waals surface area (Å²) in [6.07, 6.45) is 3.91. The van der Waals surface area contributed by atoms with E-state index in [4.69, 9.17) is 11.6 Å². The zero-order valence-corrected chi connectivity index (χ0v) is 12.7. The van der Waals surface area contributed by atoms with Crippen LogP contribution in [0.1, 0.15) is 11.1 Å². The quantitative estimate of drug-likeness (QED) is 0.800. The lowest BCUT2D eigenvalue weighted by Crippen LogP contribution is -2.16. The largest absolute Gasteiger partial charge is 0.370 e. The Morgan fingerprint density at radius 2 is 2.22 bits per heavy atom. The maximum atomic E-state index is 5.84. The number of alkyl halides is 1. The maximum absolute atomic E-state index is 5.84. The van der Waals surface area contributed by atoms with E-state index in [-0.39, 0.29) is 0 Å². The molecule has 3 nitrogen and oxygen atoms in total. The molecule has 0 aliphatic carbocycles. The third kappa shape index (κ3) is 3.06. The first-order chi connectivity index (χ1) is 8.60. The number of anilines is 1. The van der Waals surface area contributed by atoms with Crippen molar-refractivity contribution in [2.45, 2.75) is 12.4 Å². The molecule has 0 amide bonds. The SMILES string of the molecule is CN(Cc1cnn(C)c1)c1ccc(CCl)c(Br)c1. The Morgan fingerprint density at radius 3 is 2.78 bits per heavy atom. The number of nitrogens with zero attached hydrogens (tertiary/aromatic N) is 3. The Balaban J connectivity index is 2.13. The molecule has 2 aromatic rings. The van der Waals surface area contributed by atoms with Gasteiger partial charge in [0.2, 0.25) is 0 Å². The lowest BCUT2D eigenvalue weighted by Gasteiger charge is -2.19. The van der Waals surface area contributed by atoms with E-state index in [1.54, 1.807) is 0 Å². The zero-order chi connectivity index (χ0) is 13.1. The smallest absolute Gasteiger partial charge is 0.0539 e. The fourth-order valence-electron chi connectivity index (χ4n) is 1.80. The third-order valence-electron chi connectivity index (χ3n) is 2.80. The fraction of sp³-hybridized carbons (Fsp3) is 0.308. The lowest BCUT2D eigenvalue weighted by molar-refractivity contribution is 0.766. The summed E-state index contributed by atoms with van der Waals surface area (Å²) in [5.41, 5.74) is 3.45. The van der Waals surface area contributed by atoms with Crippen LogP contribution in [0.4, 0.5) is 5.69 Å². The average Bonchev–Trinajstić information content (AvgIpc) is 2.74. The van der Waals surface area contributed by atoms with Crippen molar-refractivity contribution in [1.82, 2.24) is 9.78 Å². The van der Waals surface area contributed by atoms with E-state index in [0.29, 0.717) is 5.88 Å². The van der Waals surface area contributed by atoms with Crippen LogP contribution in [-0.2, 0) is 19.5 Å². The molecule has 1 aromatic carbocycles. The molecule has 0 saturated heterocycles. The minimum Gasteiger partial charge on any atom is -0.370 e. The summed E-state index contributed by atoms with van der Waals surface area (Å²) in [6, 6.07) is 6.22. The minimum atomic E-state index is 0.521. The van der Waals surface area contributed by atoms with Crippen LogP contribution in [0.2, 0.25) is 0 Å². The monoisotopic (exact) mass is 327 g/mol. The van der Waals surface area contributed by atoms with Gasteiger partial charge in [-0.15, -0.1) is 11.6 Å². The van der Waals surface area contributed by atoms with Crippen LogP contribution in [0.3, 0.4) is 0 Å². The number of aryl methyl sites for hydroxylation is 1. The summed E-state index contributed by atoms with van der Waals surface area (Å²) in [5, 5.41) is 4.17. The average molecular weight is 329 g/mol. The Labute approximate surface area is 120 Å². The molecule has 18 heavy (non-hydrogen) atoms. The van der Waals surface area contributed by atoms with Gasteiger partial charge in [0.1, 0.15) is 0 Å². The second-order valence-corrected chi connectivity index (χ2v) is 5.41. The summed E-state index contributed by atoms with van der Waals surface area (Å²) in [5.74, 6) is 0.521. The molecule has 0 aliphatic rings. The van der Waals surface area contributed by atoms with Gasteiger partial charge in [0, 0.05) is 48.4 Å². The van der Waals surface area contributed by atoms with Crippen LogP contribution in [0.25, 0.3) is 0 Å². The molecule has 0 saturated carbocycles. The number of hydrogen-bond donors (Lipinski definition) is 0. The Hall–Kier alpha value is -1.000. The first-order valence-corrected chi connectivity index (χ1v) is 6.96. The molecular weight excluding hydrogens is 314 g/mol. The highest BCUT2D eigenvalue weighted by Crippen LogP contribution is 2.25. The van der Waals surface area contributed by atoms with Gasteiger partial charge in [0.05, 0.1) is 6.20 Å². The number of halogens is 2. The van der Waals surface area contributed by atoms with E-state index in [2.05, 4.69) is 45.1 Å². The first kappa shape index (κ1) is 13.4. The second-order valence-electron chi connectivity index (χ2n) is 4.29. The molecule has 1 heterocycles. The van der Waals surface area contributed by atoms with Gasteiger partial charge in [-0.3, -0.25) is 4.68 Å². The zero-order valence-electron chi connectivity index (χ0n) is 10.4. The molecule has 0 aliphatic heterocycles. The van der Waals surface area contributed by atoms with Gasteiger partial charge in [0.15, 0.2) is 0 Å². The van der Waals surface area contributed by atoms with Gasteiger partial charge in [-0.05, 0) is 17.7 Å². The number of aromatic nitrogens is 2. The molecule has 1 aromatic heterocycles. The molecule has 0 N–H and O–H groups in total. The van der Waals surface area contributed by atoms with Crippen LogP contribution in [0, 0.1) is 0 Å². The molecule has 0 spiro atoms. The molecule has 5 heteroatoms. The molecule has 0 unspecified atom stereocenters. The molecule has 2 rings (SSSR count). The summed E-state index contributed by atoms with van der Waals surface area (Å²) >= 11 is 9.38. The van der Waals surface area contributed by atoms with E-state index >= 15 is 0 Å². The van der Waals surface area contributed by atoms with E-state index in [1.165, 1.54) is 5.56 Å². The van der Waals surface area contributed by atoms with Crippen molar-refractivity contribution in [3.05, 3.63) is 46.2 Å². The van der Waals surface area contributed by atoms with Gasteiger partial charge in [-0.2, -0.15) is 5.10 Å². The Kier molecular flexibility index (Phi) is 4.30. The van der Waals surface area contributed by atoms with Crippen molar-refractivity contribution in [2.24, 2.45) is 7.05 Å². The molecular formula is C13H15BrClN3. The Bertz CT molecular complexity index is 539. The topological polar surface area (TPSA) is 21.1 Å². The summed E-state index contributed by atoms with van der Waals surface area (Å²) in [4.78, 5) is 2.18. The van der Waals surface area contributed by atoms with E-state index in [1.807, 2.05) is 30.2 Å². The van der Waals surface area contributed by atoms with E-state index in [0.717, 1.165) is 22.3 Å². The van der Waals surface area contributed by atoms with Crippen molar-refractivity contribution in [3.63, 3.8) is 0 Å². The van der Waals surface area contributed by atoms with Gasteiger partial charge in [0.25, 0.3) is 0 Å². The number of benzene rings is 1. The van der Waals surface area contributed by atoms with Crippen LogP contribution in [-0.4, -0.2) is 16.8 Å². The van der Waals surface area contributed by atoms with Gasteiger partial charge in [-0.25, -0.2) is 0 Å². The van der Waals surface area contributed by atoms with Crippen molar-refractivity contribution in [1.29, 1.82) is 0 Å². The first-order valence-electron chi connectivity index (χ1n) is 5.63. The second kappa shape index (κ2) is 5.76. The lowest BCUT2D eigenvalue weighted by atomic mass is 10.2. The van der Waals surface area contributed by atoms with Crippen molar-refractivity contribution in [3.8, 4) is 0 Å². The summed E-state index contributed by atoms with van der Waals surface area (Å²) in [7, 11) is 3.99. The number of rotatable bonds is 4. The fourth-order valence-corrected chi connectivity index (χ4v) is 2.70. The molecule has 96 valence electrons. The minimum absolute atomic E-state index is 0.521. The predicted octanol–water partition coefficient (Wildman–Crippen LogP) is 3.56. The standard InChI is InChI=1S/C13H15BrClN3/c1-17(8-10-7-16-18(2)9-10)12-4-3-11(6-15)13(14)5-12/h3-5,7,9H,6,8H2,1-2H3. The van der Waals surface area contributed by atoms with E-state index < -0.39 is 0 Å². The van der Waals surface area contributed by atoms with Crippen LogP contribution in [0.15, 0.2) is 35.1 Å². The van der Waals surface area contributed by atoms with Crippen molar-refractivity contribution < 1.29 is 0 Å².